The molecule has 0 fully saturated rings. The Morgan fingerprint density at radius 1 is 1.08 bits per heavy atom. The van der Waals surface area contributed by atoms with Gasteiger partial charge in [-0.2, -0.15) is 0 Å². The number of benzene rings is 2. The molecular formula is C18H10ClN3O2S. The molecule has 0 aliphatic carbocycles. The van der Waals surface area contributed by atoms with Crippen molar-refractivity contribution in [1.29, 1.82) is 0 Å². The molecule has 0 aliphatic rings. The summed E-state index contributed by atoms with van der Waals surface area (Å²) in [5, 5.41) is 10.1. The van der Waals surface area contributed by atoms with Crippen LogP contribution in [0.4, 0.5) is 5.13 Å². The highest BCUT2D eigenvalue weighted by atomic mass is 35.5. The van der Waals surface area contributed by atoms with Gasteiger partial charge < -0.3 is 4.42 Å². The molecule has 4 aromatic rings. The Morgan fingerprint density at radius 3 is 2.76 bits per heavy atom. The highest BCUT2D eigenvalue weighted by Crippen LogP contribution is 2.27. The summed E-state index contributed by atoms with van der Waals surface area (Å²) in [6, 6.07) is 14.4. The topological polar surface area (TPSA) is 68.3 Å². The van der Waals surface area contributed by atoms with Crippen LogP contribution >= 0.6 is 22.9 Å². The number of hydrogen-bond acceptors (Lipinski definition) is 6. The molecule has 0 amide bonds. The minimum absolute atomic E-state index is 0.139. The molecule has 2 aromatic heterocycles. The van der Waals surface area contributed by atoms with Gasteiger partial charge in [-0.15, -0.1) is 10.2 Å². The number of hydrogen-bond donors (Lipinski definition) is 0. The number of halogens is 1. The summed E-state index contributed by atoms with van der Waals surface area (Å²) in [4.78, 5) is 16.9. The van der Waals surface area contributed by atoms with Crippen LogP contribution in [-0.4, -0.2) is 16.4 Å². The molecular weight excluding hydrogens is 358 g/mol. The van der Waals surface area contributed by atoms with Crippen molar-refractivity contribution in [2.24, 2.45) is 4.99 Å². The average molecular weight is 368 g/mol. The predicted molar refractivity (Wildman–Crippen MR) is 100 cm³/mol. The Morgan fingerprint density at radius 2 is 1.88 bits per heavy atom. The van der Waals surface area contributed by atoms with Gasteiger partial charge in [-0.1, -0.05) is 53.3 Å². The molecule has 0 radical (unpaired) electrons. The van der Waals surface area contributed by atoms with E-state index in [0.717, 1.165) is 5.56 Å². The van der Waals surface area contributed by atoms with E-state index in [1.807, 2.05) is 24.3 Å². The van der Waals surface area contributed by atoms with Gasteiger partial charge in [0.05, 0.1) is 10.9 Å². The van der Waals surface area contributed by atoms with Crippen LogP contribution in [0, 0.1) is 0 Å². The lowest BCUT2D eigenvalue weighted by molar-refractivity contribution is 0.604. The van der Waals surface area contributed by atoms with E-state index in [0.29, 0.717) is 31.7 Å². The number of aromatic nitrogens is 2. The van der Waals surface area contributed by atoms with Crippen LogP contribution in [0.1, 0.15) is 5.56 Å². The van der Waals surface area contributed by atoms with Crippen LogP contribution in [0.25, 0.3) is 21.5 Å². The first-order valence-corrected chi connectivity index (χ1v) is 8.55. The zero-order chi connectivity index (χ0) is 17.2. The van der Waals surface area contributed by atoms with Gasteiger partial charge in [0.2, 0.25) is 10.6 Å². The summed E-state index contributed by atoms with van der Waals surface area (Å²) < 4.78 is 5.52. The normalized spacial score (nSPS) is 11.4. The van der Waals surface area contributed by atoms with Crippen molar-refractivity contribution in [3.8, 4) is 10.6 Å². The van der Waals surface area contributed by atoms with E-state index >= 15 is 0 Å². The van der Waals surface area contributed by atoms with Gasteiger partial charge in [0.15, 0.2) is 5.01 Å². The van der Waals surface area contributed by atoms with Crippen LogP contribution < -0.4 is 5.43 Å². The van der Waals surface area contributed by atoms with Gasteiger partial charge in [-0.3, -0.25) is 4.79 Å². The van der Waals surface area contributed by atoms with Crippen molar-refractivity contribution >= 4 is 45.3 Å². The van der Waals surface area contributed by atoms with Crippen molar-refractivity contribution in [3.05, 3.63) is 75.6 Å². The lowest BCUT2D eigenvalue weighted by atomic mass is 10.2. The maximum atomic E-state index is 12.6. The summed E-state index contributed by atoms with van der Waals surface area (Å²) in [7, 11) is 0. The molecule has 2 aromatic carbocycles. The third kappa shape index (κ3) is 3.09. The number of para-hydroxylation sites is 1. The summed E-state index contributed by atoms with van der Waals surface area (Å²) in [6.45, 7) is 0. The van der Waals surface area contributed by atoms with Crippen LogP contribution in [0.15, 0.2) is 69.0 Å². The lowest BCUT2D eigenvalue weighted by Gasteiger charge is -1.98. The largest absolute Gasteiger partial charge is 0.463 e. The van der Waals surface area contributed by atoms with E-state index in [9.17, 15) is 4.79 Å². The van der Waals surface area contributed by atoms with Crippen molar-refractivity contribution in [2.45, 2.75) is 0 Å². The van der Waals surface area contributed by atoms with Crippen molar-refractivity contribution < 1.29 is 4.42 Å². The first-order valence-electron chi connectivity index (χ1n) is 7.35. The van der Waals surface area contributed by atoms with Gasteiger partial charge >= 0.3 is 0 Å². The maximum absolute atomic E-state index is 12.6. The highest BCUT2D eigenvalue weighted by Gasteiger charge is 2.13. The first kappa shape index (κ1) is 15.7. The Kier molecular flexibility index (Phi) is 4.13. The zero-order valence-electron chi connectivity index (χ0n) is 12.7. The molecule has 0 atom stereocenters. The van der Waals surface area contributed by atoms with Crippen LogP contribution in [0.5, 0.6) is 0 Å². The van der Waals surface area contributed by atoms with E-state index in [1.54, 1.807) is 30.5 Å². The fourth-order valence-corrected chi connectivity index (χ4v) is 3.18. The number of nitrogens with zero attached hydrogens (tertiary/aromatic N) is 3. The minimum atomic E-state index is -0.139. The molecule has 5 nitrogen and oxygen atoms in total. The number of aliphatic imine (C=N–C) groups is 1. The summed E-state index contributed by atoms with van der Waals surface area (Å²) in [5.74, 6) is 0. The quantitative estimate of drug-likeness (QED) is 0.491. The second kappa shape index (κ2) is 6.58. The smallest absolute Gasteiger partial charge is 0.231 e. The summed E-state index contributed by atoms with van der Waals surface area (Å²) in [6.07, 6.45) is 3.03. The van der Waals surface area contributed by atoms with E-state index in [4.69, 9.17) is 16.0 Å². The fraction of sp³-hybridized carbons (Fsp3) is 0. The molecule has 0 spiro atoms. The maximum Gasteiger partial charge on any atom is 0.231 e. The van der Waals surface area contributed by atoms with E-state index in [-0.39, 0.29) is 5.43 Å². The third-order valence-corrected chi connectivity index (χ3v) is 4.75. The van der Waals surface area contributed by atoms with Gasteiger partial charge in [-0.05, 0) is 18.2 Å². The van der Waals surface area contributed by atoms with Crippen molar-refractivity contribution in [3.63, 3.8) is 0 Å². The molecule has 7 heteroatoms. The van der Waals surface area contributed by atoms with Gasteiger partial charge in [0.25, 0.3) is 0 Å². The lowest BCUT2D eigenvalue weighted by Crippen LogP contribution is -2.04. The SMILES string of the molecule is O=c1c(-c2nnc(/N=C\c3ccccc3Cl)s2)coc2ccccc12. The van der Waals surface area contributed by atoms with Crippen LogP contribution in [-0.2, 0) is 0 Å². The first-order chi connectivity index (χ1) is 12.2. The van der Waals surface area contributed by atoms with Gasteiger partial charge in [-0.25, -0.2) is 4.99 Å². The molecule has 0 saturated carbocycles. The molecule has 0 N–H and O–H groups in total. The second-order valence-corrected chi connectivity index (χ2v) is 6.51. The van der Waals surface area contributed by atoms with E-state index in [1.165, 1.54) is 17.6 Å². The monoisotopic (exact) mass is 367 g/mol. The molecule has 0 aliphatic heterocycles. The Bertz CT molecular complexity index is 1150. The molecule has 122 valence electrons. The second-order valence-electron chi connectivity index (χ2n) is 5.14. The summed E-state index contributed by atoms with van der Waals surface area (Å²) in [5.41, 5.74) is 1.55. The van der Waals surface area contributed by atoms with Crippen LogP contribution in [0.3, 0.4) is 0 Å². The molecule has 0 bridgehead atoms. The number of fused-ring (bicyclic) bond motifs is 1. The van der Waals surface area contributed by atoms with E-state index in [2.05, 4.69) is 15.2 Å². The van der Waals surface area contributed by atoms with Gasteiger partial charge in [0, 0.05) is 16.8 Å². The minimum Gasteiger partial charge on any atom is -0.463 e. The molecule has 2 heterocycles. The van der Waals surface area contributed by atoms with E-state index < -0.39 is 0 Å². The molecule has 4 rings (SSSR count). The third-order valence-electron chi connectivity index (χ3n) is 3.54. The van der Waals surface area contributed by atoms with Gasteiger partial charge in [0.1, 0.15) is 11.8 Å². The van der Waals surface area contributed by atoms with Crippen LogP contribution in [0.2, 0.25) is 5.02 Å². The van der Waals surface area contributed by atoms with Crippen molar-refractivity contribution in [2.75, 3.05) is 0 Å². The molecule has 25 heavy (non-hydrogen) atoms. The average Bonchev–Trinajstić information content (AvgIpc) is 3.10. The van der Waals surface area contributed by atoms with Crippen molar-refractivity contribution in [1.82, 2.24) is 10.2 Å². The Hall–Kier alpha value is -2.83. The fourth-order valence-electron chi connectivity index (χ4n) is 2.31. The zero-order valence-corrected chi connectivity index (χ0v) is 14.3. The molecule has 0 unspecified atom stereocenters. The summed E-state index contributed by atoms with van der Waals surface area (Å²) >= 11 is 7.30. The highest BCUT2D eigenvalue weighted by molar-refractivity contribution is 7.18. The predicted octanol–water partition coefficient (Wildman–Crippen LogP) is 4.72. The standard InChI is InChI=1S/C18H10ClN3O2S/c19-14-7-3-1-5-11(14)9-20-18-22-21-17(25-18)13-10-24-15-8-4-2-6-12(15)16(13)23/h1-10H/b20-9-. The Labute approximate surface area is 151 Å². The Balaban J connectivity index is 1.69. The molecule has 0 saturated heterocycles. The number of rotatable bonds is 3.